The van der Waals surface area contributed by atoms with E-state index in [1.165, 1.54) is 6.92 Å². The average Bonchev–Trinajstić information content (AvgIpc) is 3.19. The van der Waals surface area contributed by atoms with Crippen molar-refractivity contribution in [3.8, 4) is 5.75 Å². The molecule has 2 aromatic rings. The summed E-state index contributed by atoms with van der Waals surface area (Å²) in [5.74, 6) is -0.136. The number of amides is 3. The van der Waals surface area contributed by atoms with E-state index in [1.807, 2.05) is 17.9 Å². The van der Waals surface area contributed by atoms with E-state index < -0.39 is 0 Å². The van der Waals surface area contributed by atoms with Crippen LogP contribution in [0, 0.1) is 6.92 Å². The Balaban J connectivity index is 1.64. The van der Waals surface area contributed by atoms with Crippen LogP contribution in [0.15, 0.2) is 36.4 Å². The molecule has 2 heterocycles. The van der Waals surface area contributed by atoms with E-state index in [0.29, 0.717) is 53.3 Å². The number of phenolic OH excluding ortho intramolecular Hbond substituents is 1. The maximum Gasteiger partial charge on any atom is 0.317 e. The number of anilines is 1. The molecule has 0 unspecified atom stereocenters. The number of fused-ring (bicyclic) bond motifs is 1. The summed E-state index contributed by atoms with van der Waals surface area (Å²) in [5, 5.41) is 19.6. The SMILES string of the molecule is CCCCNC(=O)N1CCC(N/C(=C2\C(=O)Nc3ccc(C(C)=O)cc32)c2ccc(O)c(C)c2)CC1. The number of carbonyl (C=O) groups excluding carboxylic acids is 3. The Hall–Kier alpha value is -3.81. The predicted molar refractivity (Wildman–Crippen MR) is 141 cm³/mol. The Bertz CT molecular complexity index is 1210. The lowest BCUT2D eigenvalue weighted by Gasteiger charge is -2.34. The van der Waals surface area contributed by atoms with Gasteiger partial charge in [-0.2, -0.15) is 0 Å². The summed E-state index contributed by atoms with van der Waals surface area (Å²) < 4.78 is 0. The van der Waals surface area contributed by atoms with Crippen molar-refractivity contribution < 1.29 is 19.5 Å². The molecule has 2 aliphatic heterocycles. The van der Waals surface area contributed by atoms with Gasteiger partial charge in [0.1, 0.15) is 5.75 Å². The van der Waals surface area contributed by atoms with Crippen LogP contribution in [0.5, 0.6) is 5.75 Å². The summed E-state index contributed by atoms with van der Waals surface area (Å²) in [6, 6.07) is 10.5. The van der Waals surface area contributed by atoms with E-state index in [0.717, 1.165) is 31.2 Å². The lowest BCUT2D eigenvalue weighted by atomic mass is 9.95. The number of Topliss-reactive ketones (excluding diaryl/α,β-unsaturated/α-hetero) is 1. The van der Waals surface area contributed by atoms with Crippen molar-refractivity contribution in [3.05, 3.63) is 58.7 Å². The first kappa shape index (κ1) is 25.3. The van der Waals surface area contributed by atoms with Crippen LogP contribution in [0.3, 0.4) is 0 Å². The van der Waals surface area contributed by atoms with E-state index >= 15 is 0 Å². The summed E-state index contributed by atoms with van der Waals surface area (Å²) in [6.07, 6.45) is 3.46. The van der Waals surface area contributed by atoms with Crippen LogP contribution in [-0.4, -0.2) is 53.4 Å². The van der Waals surface area contributed by atoms with Gasteiger partial charge in [0.2, 0.25) is 0 Å². The number of carbonyl (C=O) groups is 3. The van der Waals surface area contributed by atoms with Gasteiger partial charge in [0.25, 0.3) is 5.91 Å². The fourth-order valence-electron chi connectivity index (χ4n) is 4.66. The standard InChI is InChI=1S/C28H34N4O4/c1-4-5-12-29-28(36)32-13-10-21(11-14-32)30-26(20-7-9-24(34)17(2)15-20)25-22-16-19(18(3)33)6-8-23(22)31-27(25)35/h6-9,15-16,21,30,34H,4-5,10-14H2,1-3H3,(H,29,36)(H,31,35)/b26-25-. The molecule has 8 heteroatoms. The highest BCUT2D eigenvalue weighted by atomic mass is 16.3. The third kappa shape index (κ3) is 5.37. The molecule has 2 aliphatic rings. The van der Waals surface area contributed by atoms with Crippen LogP contribution in [0.1, 0.15) is 66.6 Å². The zero-order valence-electron chi connectivity index (χ0n) is 21.1. The monoisotopic (exact) mass is 490 g/mol. The molecular formula is C28H34N4O4. The van der Waals surface area contributed by atoms with Gasteiger partial charge in [-0.15, -0.1) is 0 Å². The molecule has 0 bridgehead atoms. The number of rotatable bonds is 7. The summed E-state index contributed by atoms with van der Waals surface area (Å²) >= 11 is 0. The van der Waals surface area contributed by atoms with Crippen LogP contribution in [0.4, 0.5) is 10.5 Å². The van der Waals surface area contributed by atoms with Crippen molar-refractivity contribution in [1.82, 2.24) is 15.5 Å². The van der Waals surface area contributed by atoms with E-state index in [4.69, 9.17) is 0 Å². The Morgan fingerprint density at radius 1 is 1.11 bits per heavy atom. The number of hydrogen-bond acceptors (Lipinski definition) is 5. The maximum absolute atomic E-state index is 13.2. The first-order valence-electron chi connectivity index (χ1n) is 12.6. The first-order chi connectivity index (χ1) is 17.3. The topological polar surface area (TPSA) is 111 Å². The number of nitrogens with one attached hydrogen (secondary N) is 3. The van der Waals surface area contributed by atoms with Gasteiger partial charge >= 0.3 is 6.03 Å². The molecule has 0 spiro atoms. The minimum absolute atomic E-state index is 0.0319. The number of hydrogen-bond donors (Lipinski definition) is 4. The highest BCUT2D eigenvalue weighted by Gasteiger charge is 2.31. The molecule has 2 aromatic carbocycles. The smallest absolute Gasteiger partial charge is 0.317 e. The highest BCUT2D eigenvalue weighted by molar-refractivity contribution is 6.36. The summed E-state index contributed by atoms with van der Waals surface area (Å²) in [5.41, 5.74) is 4.46. The average molecular weight is 491 g/mol. The number of piperidine rings is 1. The van der Waals surface area contributed by atoms with Crippen molar-refractivity contribution in [2.45, 2.75) is 52.5 Å². The lowest BCUT2D eigenvalue weighted by Crippen LogP contribution is -2.48. The van der Waals surface area contributed by atoms with E-state index in [1.54, 1.807) is 30.3 Å². The minimum Gasteiger partial charge on any atom is -0.508 e. The van der Waals surface area contributed by atoms with Gasteiger partial charge in [0.15, 0.2) is 5.78 Å². The van der Waals surface area contributed by atoms with E-state index in [-0.39, 0.29) is 29.5 Å². The second-order valence-corrected chi connectivity index (χ2v) is 9.51. The van der Waals surface area contributed by atoms with Crippen molar-refractivity contribution in [1.29, 1.82) is 0 Å². The van der Waals surface area contributed by atoms with E-state index in [2.05, 4.69) is 22.9 Å². The molecule has 1 saturated heterocycles. The first-order valence-corrected chi connectivity index (χ1v) is 12.6. The minimum atomic E-state index is -0.244. The molecule has 3 amide bonds. The molecule has 0 aliphatic carbocycles. The summed E-state index contributed by atoms with van der Waals surface area (Å²) in [7, 11) is 0. The third-order valence-corrected chi connectivity index (χ3v) is 6.84. The van der Waals surface area contributed by atoms with Crippen molar-refractivity contribution in [2.24, 2.45) is 0 Å². The Morgan fingerprint density at radius 3 is 2.50 bits per heavy atom. The molecule has 0 radical (unpaired) electrons. The lowest BCUT2D eigenvalue weighted by molar-refractivity contribution is -0.110. The molecular weight excluding hydrogens is 456 g/mol. The number of urea groups is 1. The van der Waals surface area contributed by atoms with Crippen molar-refractivity contribution >= 4 is 34.7 Å². The van der Waals surface area contributed by atoms with Gasteiger partial charge < -0.3 is 26.0 Å². The van der Waals surface area contributed by atoms with Gasteiger partial charge in [-0.05, 0) is 80.6 Å². The zero-order valence-corrected chi connectivity index (χ0v) is 21.1. The highest BCUT2D eigenvalue weighted by Crippen LogP contribution is 2.38. The van der Waals surface area contributed by atoms with Gasteiger partial charge in [-0.1, -0.05) is 13.3 Å². The number of benzene rings is 2. The van der Waals surface area contributed by atoms with Crippen LogP contribution in [0.2, 0.25) is 0 Å². The Kier molecular flexibility index (Phi) is 7.62. The van der Waals surface area contributed by atoms with Crippen molar-refractivity contribution in [3.63, 3.8) is 0 Å². The number of phenols is 1. The van der Waals surface area contributed by atoms with Crippen LogP contribution in [0.25, 0.3) is 11.3 Å². The fourth-order valence-corrected chi connectivity index (χ4v) is 4.66. The third-order valence-electron chi connectivity index (χ3n) is 6.84. The molecule has 8 nitrogen and oxygen atoms in total. The van der Waals surface area contributed by atoms with Crippen LogP contribution in [-0.2, 0) is 4.79 Å². The normalized spacial score (nSPS) is 16.9. The number of likely N-dealkylation sites (tertiary alicyclic amines) is 1. The van der Waals surface area contributed by atoms with Gasteiger partial charge in [0, 0.05) is 42.5 Å². The largest absolute Gasteiger partial charge is 0.508 e. The van der Waals surface area contributed by atoms with Crippen LogP contribution < -0.4 is 16.0 Å². The second kappa shape index (κ2) is 10.8. The molecule has 190 valence electrons. The maximum atomic E-state index is 13.2. The molecule has 36 heavy (non-hydrogen) atoms. The van der Waals surface area contributed by atoms with E-state index in [9.17, 15) is 19.5 Å². The quantitative estimate of drug-likeness (QED) is 0.263. The molecule has 1 fully saturated rings. The number of aromatic hydroxyl groups is 1. The van der Waals surface area contributed by atoms with Crippen LogP contribution >= 0.6 is 0 Å². The number of aryl methyl sites for hydroxylation is 1. The number of ketones is 1. The number of unbranched alkanes of at least 4 members (excludes halogenated alkanes) is 1. The zero-order chi connectivity index (χ0) is 25.8. The fraction of sp³-hybridized carbons (Fsp3) is 0.393. The van der Waals surface area contributed by atoms with Crippen molar-refractivity contribution in [2.75, 3.05) is 25.0 Å². The molecule has 4 N–H and O–H groups in total. The predicted octanol–water partition coefficient (Wildman–Crippen LogP) is 4.29. The molecule has 0 aromatic heterocycles. The van der Waals surface area contributed by atoms with Gasteiger partial charge in [-0.25, -0.2) is 4.79 Å². The molecule has 0 atom stereocenters. The summed E-state index contributed by atoms with van der Waals surface area (Å²) in [6.45, 7) is 7.32. The Morgan fingerprint density at radius 2 is 1.83 bits per heavy atom. The summed E-state index contributed by atoms with van der Waals surface area (Å²) in [4.78, 5) is 39.5. The van der Waals surface area contributed by atoms with Gasteiger partial charge in [0.05, 0.1) is 11.3 Å². The number of nitrogens with zero attached hydrogens (tertiary/aromatic N) is 1. The molecule has 4 rings (SSSR count). The molecule has 0 saturated carbocycles. The Labute approximate surface area is 211 Å². The van der Waals surface area contributed by atoms with Gasteiger partial charge in [-0.3, -0.25) is 9.59 Å². The second-order valence-electron chi connectivity index (χ2n) is 9.51.